The molecule has 1 heterocycles. The summed E-state index contributed by atoms with van der Waals surface area (Å²) in [6.45, 7) is 2.84. The topological polar surface area (TPSA) is 49.6 Å². The first-order valence-electron chi connectivity index (χ1n) is 6.99. The minimum absolute atomic E-state index is 0.187. The van der Waals surface area contributed by atoms with E-state index in [0.29, 0.717) is 13.1 Å². The molecule has 1 aliphatic heterocycles. The van der Waals surface area contributed by atoms with E-state index in [1.807, 2.05) is 35.0 Å². The Labute approximate surface area is 115 Å². The largest absolute Gasteiger partial charge is 0.330 e. The Bertz CT molecular complexity index is 433. The van der Waals surface area contributed by atoms with Crippen molar-refractivity contribution < 1.29 is 4.79 Å². The molecule has 1 aromatic carbocycles. The lowest BCUT2D eigenvalue weighted by Crippen LogP contribution is -2.42. The van der Waals surface area contributed by atoms with Gasteiger partial charge in [0, 0.05) is 12.2 Å². The predicted molar refractivity (Wildman–Crippen MR) is 78.3 cm³/mol. The van der Waals surface area contributed by atoms with Gasteiger partial charge in [-0.1, -0.05) is 18.2 Å². The molecule has 19 heavy (non-hydrogen) atoms. The summed E-state index contributed by atoms with van der Waals surface area (Å²) in [6, 6.07) is 8.21. The van der Waals surface area contributed by atoms with Crippen molar-refractivity contribution in [3.05, 3.63) is 29.8 Å². The molecule has 0 fully saturated rings. The summed E-state index contributed by atoms with van der Waals surface area (Å²) in [6.07, 6.45) is 3.05. The molecule has 1 aliphatic rings. The second-order valence-corrected chi connectivity index (χ2v) is 5.16. The number of nitrogens with two attached hydrogens (primary N) is 1. The number of hydrogen-bond acceptors (Lipinski definition) is 3. The first-order chi connectivity index (χ1) is 9.22. The van der Waals surface area contributed by atoms with Crippen LogP contribution in [0.1, 0.15) is 18.4 Å². The van der Waals surface area contributed by atoms with Gasteiger partial charge >= 0.3 is 0 Å². The van der Waals surface area contributed by atoms with Gasteiger partial charge in [-0.25, -0.2) is 0 Å². The Morgan fingerprint density at radius 3 is 3.00 bits per heavy atom. The summed E-state index contributed by atoms with van der Waals surface area (Å²) in [5.41, 5.74) is 7.86. The maximum absolute atomic E-state index is 12.4. The van der Waals surface area contributed by atoms with Crippen LogP contribution < -0.4 is 10.6 Å². The van der Waals surface area contributed by atoms with Crippen molar-refractivity contribution >= 4 is 11.6 Å². The molecular formula is C15H23N3O. The summed E-state index contributed by atoms with van der Waals surface area (Å²) < 4.78 is 0. The Morgan fingerprint density at radius 1 is 1.42 bits per heavy atom. The Kier molecular flexibility index (Phi) is 4.93. The number of carbonyl (C=O) groups is 1. The number of aryl methyl sites for hydroxylation is 1. The number of likely N-dealkylation sites (N-methyl/N-ethyl adjacent to an activating group) is 1. The number of amides is 1. The van der Waals surface area contributed by atoms with E-state index in [9.17, 15) is 4.79 Å². The molecule has 2 rings (SSSR count). The highest BCUT2D eigenvalue weighted by Crippen LogP contribution is 2.26. The molecule has 0 bridgehead atoms. The maximum Gasteiger partial charge on any atom is 0.241 e. The number of anilines is 1. The van der Waals surface area contributed by atoms with Crippen molar-refractivity contribution in [2.45, 2.75) is 19.3 Å². The third-order valence-electron chi connectivity index (χ3n) is 3.56. The highest BCUT2D eigenvalue weighted by molar-refractivity contribution is 5.95. The van der Waals surface area contributed by atoms with Crippen molar-refractivity contribution in [3.8, 4) is 0 Å². The van der Waals surface area contributed by atoms with Crippen LogP contribution in [0.25, 0.3) is 0 Å². The molecule has 1 amide bonds. The monoisotopic (exact) mass is 261 g/mol. The van der Waals surface area contributed by atoms with Crippen molar-refractivity contribution in [2.24, 2.45) is 5.73 Å². The molecule has 0 radical (unpaired) electrons. The van der Waals surface area contributed by atoms with Crippen molar-refractivity contribution in [2.75, 3.05) is 38.1 Å². The van der Waals surface area contributed by atoms with E-state index >= 15 is 0 Å². The zero-order valence-corrected chi connectivity index (χ0v) is 11.6. The summed E-state index contributed by atoms with van der Waals surface area (Å²) in [7, 11) is 1.98. The lowest BCUT2D eigenvalue weighted by molar-refractivity contribution is -0.119. The van der Waals surface area contributed by atoms with Crippen LogP contribution in [0.15, 0.2) is 24.3 Å². The number of nitrogens with zero attached hydrogens (tertiary/aromatic N) is 2. The smallest absolute Gasteiger partial charge is 0.241 e. The second kappa shape index (κ2) is 6.68. The van der Waals surface area contributed by atoms with E-state index in [1.165, 1.54) is 5.56 Å². The number of benzene rings is 1. The Balaban J connectivity index is 2.00. The normalized spacial score (nSPS) is 14.6. The fraction of sp³-hybridized carbons (Fsp3) is 0.533. The first kappa shape index (κ1) is 14.0. The summed E-state index contributed by atoms with van der Waals surface area (Å²) in [5, 5.41) is 0. The third-order valence-corrected chi connectivity index (χ3v) is 3.56. The lowest BCUT2D eigenvalue weighted by Gasteiger charge is -2.31. The van der Waals surface area contributed by atoms with Crippen LogP contribution in [-0.4, -0.2) is 44.0 Å². The average molecular weight is 261 g/mol. The fourth-order valence-electron chi connectivity index (χ4n) is 2.55. The molecule has 0 saturated carbocycles. The second-order valence-electron chi connectivity index (χ2n) is 5.16. The van der Waals surface area contributed by atoms with Gasteiger partial charge in [-0.15, -0.1) is 0 Å². The molecule has 0 atom stereocenters. The van der Waals surface area contributed by atoms with Crippen molar-refractivity contribution in [3.63, 3.8) is 0 Å². The van der Waals surface area contributed by atoms with Gasteiger partial charge in [0.2, 0.25) is 5.91 Å². The molecule has 0 unspecified atom stereocenters. The van der Waals surface area contributed by atoms with Gasteiger partial charge in [0.1, 0.15) is 0 Å². The average Bonchev–Trinajstić information content (AvgIpc) is 2.44. The van der Waals surface area contributed by atoms with E-state index in [4.69, 9.17) is 5.73 Å². The zero-order valence-electron chi connectivity index (χ0n) is 11.6. The van der Waals surface area contributed by atoms with Crippen molar-refractivity contribution in [1.82, 2.24) is 4.90 Å². The van der Waals surface area contributed by atoms with Crippen LogP contribution in [0, 0.1) is 0 Å². The third kappa shape index (κ3) is 3.55. The number of carbonyl (C=O) groups excluding carboxylic acids is 1. The summed E-state index contributed by atoms with van der Waals surface area (Å²) in [4.78, 5) is 16.4. The van der Waals surface area contributed by atoms with Crippen molar-refractivity contribution in [1.29, 1.82) is 0 Å². The highest BCUT2D eigenvalue weighted by atomic mass is 16.2. The van der Waals surface area contributed by atoms with Crippen LogP contribution in [0.2, 0.25) is 0 Å². The highest BCUT2D eigenvalue weighted by Gasteiger charge is 2.22. The van der Waals surface area contributed by atoms with Gasteiger partial charge in [-0.2, -0.15) is 0 Å². The molecule has 2 N–H and O–H groups in total. The maximum atomic E-state index is 12.4. The first-order valence-corrected chi connectivity index (χ1v) is 6.99. The van der Waals surface area contributed by atoms with E-state index in [2.05, 4.69) is 6.07 Å². The van der Waals surface area contributed by atoms with Gasteiger partial charge in [-0.3, -0.25) is 9.69 Å². The number of rotatable bonds is 5. The molecule has 4 nitrogen and oxygen atoms in total. The SMILES string of the molecule is CN(CCCN)CC(=O)N1CCCc2ccccc21. The predicted octanol–water partition coefficient (Wildman–Crippen LogP) is 1.25. The van der Waals surface area contributed by atoms with E-state index in [1.54, 1.807) is 0 Å². The Morgan fingerprint density at radius 2 is 2.21 bits per heavy atom. The standard InChI is InChI=1S/C15H23N3O/c1-17(10-5-9-16)12-15(19)18-11-4-7-13-6-2-3-8-14(13)18/h2-3,6,8H,4-5,7,9-12,16H2,1H3. The quantitative estimate of drug-likeness (QED) is 0.868. The van der Waals surface area contributed by atoms with Gasteiger partial charge in [0.15, 0.2) is 0 Å². The molecule has 0 spiro atoms. The van der Waals surface area contributed by atoms with E-state index in [-0.39, 0.29) is 5.91 Å². The minimum Gasteiger partial charge on any atom is -0.330 e. The summed E-state index contributed by atoms with van der Waals surface area (Å²) in [5.74, 6) is 0.187. The van der Waals surface area contributed by atoms with Crippen LogP contribution in [0.4, 0.5) is 5.69 Å². The minimum atomic E-state index is 0.187. The number of hydrogen-bond donors (Lipinski definition) is 1. The summed E-state index contributed by atoms with van der Waals surface area (Å²) >= 11 is 0. The number of fused-ring (bicyclic) bond motifs is 1. The zero-order chi connectivity index (χ0) is 13.7. The van der Waals surface area contributed by atoms with E-state index in [0.717, 1.165) is 38.0 Å². The van der Waals surface area contributed by atoms with E-state index < -0.39 is 0 Å². The van der Waals surface area contributed by atoms with Crippen LogP contribution >= 0.6 is 0 Å². The molecule has 1 aromatic rings. The molecule has 4 heteroatoms. The van der Waals surface area contributed by atoms with Gasteiger partial charge in [0.25, 0.3) is 0 Å². The van der Waals surface area contributed by atoms with Crippen LogP contribution in [0.5, 0.6) is 0 Å². The molecule has 0 saturated heterocycles. The molecule has 0 aliphatic carbocycles. The fourth-order valence-corrected chi connectivity index (χ4v) is 2.55. The van der Waals surface area contributed by atoms with Gasteiger partial charge < -0.3 is 10.6 Å². The van der Waals surface area contributed by atoms with Crippen LogP contribution in [0.3, 0.4) is 0 Å². The molecule has 104 valence electrons. The van der Waals surface area contributed by atoms with Gasteiger partial charge in [-0.05, 0) is 51.0 Å². The molecular weight excluding hydrogens is 238 g/mol. The Hall–Kier alpha value is -1.39. The number of para-hydroxylation sites is 1. The lowest BCUT2D eigenvalue weighted by atomic mass is 10.0. The van der Waals surface area contributed by atoms with Gasteiger partial charge in [0.05, 0.1) is 6.54 Å². The molecule has 0 aromatic heterocycles. The van der Waals surface area contributed by atoms with Crippen LogP contribution in [-0.2, 0) is 11.2 Å².